The van der Waals surface area contributed by atoms with E-state index in [1.54, 1.807) is 13.3 Å². The average molecular weight is 551 g/mol. The lowest BCUT2D eigenvalue weighted by Gasteiger charge is -2.26. The number of anilines is 1. The number of amides is 1. The minimum Gasteiger partial charge on any atom is -0.495 e. The monoisotopic (exact) mass is 550 g/mol. The van der Waals surface area contributed by atoms with Gasteiger partial charge in [0.05, 0.1) is 36.8 Å². The van der Waals surface area contributed by atoms with Gasteiger partial charge in [-0.25, -0.2) is 8.78 Å². The minimum atomic E-state index is -1.98. The van der Waals surface area contributed by atoms with Crippen molar-refractivity contribution in [2.24, 2.45) is 0 Å². The van der Waals surface area contributed by atoms with Crippen molar-refractivity contribution in [1.82, 2.24) is 15.2 Å². The molecule has 0 N–H and O–H groups in total. The number of carbonyl (C=O) groups is 1. The fraction of sp³-hybridized carbons (Fsp3) is 0.310. The van der Waals surface area contributed by atoms with Crippen molar-refractivity contribution < 1.29 is 22.7 Å². The summed E-state index contributed by atoms with van der Waals surface area (Å²) in [7, 11) is 3.72. The average Bonchev–Trinajstić information content (AvgIpc) is 3.39. The van der Waals surface area contributed by atoms with E-state index in [2.05, 4.69) is 24.4 Å². The number of nitrogens with zero attached hydrogens (tertiary/aromatic N) is 4. The van der Waals surface area contributed by atoms with Crippen molar-refractivity contribution in [3.05, 3.63) is 77.6 Å². The molecule has 2 unspecified atom stereocenters. The number of hydrogen-bond acceptors (Lipinski definition) is 6. The molecule has 0 fully saturated rings. The van der Waals surface area contributed by atoms with Crippen LogP contribution in [0, 0.1) is 5.82 Å². The lowest BCUT2D eigenvalue weighted by molar-refractivity contribution is -0.119. The van der Waals surface area contributed by atoms with Crippen molar-refractivity contribution in [3.63, 3.8) is 0 Å². The summed E-state index contributed by atoms with van der Waals surface area (Å²) < 4.78 is 42.0. The van der Waals surface area contributed by atoms with E-state index in [-0.39, 0.29) is 48.0 Å². The number of aromatic nitrogens is 3. The van der Waals surface area contributed by atoms with E-state index < -0.39 is 16.6 Å². The number of ether oxygens (including phenoxy) is 1. The molecule has 2 aromatic carbocycles. The number of methoxy groups -OCH3 is 1. The molecule has 10 heteroatoms. The van der Waals surface area contributed by atoms with Gasteiger partial charge in [-0.2, -0.15) is 0 Å². The molecular formula is C29H29F2N4O3P. The Morgan fingerprint density at radius 3 is 2.49 bits per heavy atom. The zero-order valence-corrected chi connectivity index (χ0v) is 23.3. The van der Waals surface area contributed by atoms with E-state index in [1.165, 1.54) is 11.0 Å². The molecule has 2 aromatic heterocycles. The second-order valence-electron chi connectivity index (χ2n) is 10.6. The van der Waals surface area contributed by atoms with Gasteiger partial charge in [0.25, 0.3) is 5.89 Å². The number of rotatable bonds is 5. The van der Waals surface area contributed by atoms with Gasteiger partial charge in [-0.15, -0.1) is 10.2 Å². The molecule has 1 aliphatic rings. The molecule has 2 atom stereocenters. The zero-order chi connectivity index (χ0) is 27.9. The van der Waals surface area contributed by atoms with Crippen LogP contribution in [0.5, 0.6) is 5.75 Å². The number of alkyl halides is 1. The van der Waals surface area contributed by atoms with Crippen LogP contribution >= 0.6 is 9.24 Å². The van der Waals surface area contributed by atoms with E-state index in [4.69, 9.17) is 9.15 Å². The quantitative estimate of drug-likeness (QED) is 0.262. The van der Waals surface area contributed by atoms with E-state index in [0.29, 0.717) is 11.6 Å². The molecule has 0 spiro atoms. The molecule has 1 amide bonds. The van der Waals surface area contributed by atoms with Gasteiger partial charge in [0.15, 0.2) is 5.41 Å². The van der Waals surface area contributed by atoms with Gasteiger partial charge in [-0.1, -0.05) is 54.3 Å². The Hall–Kier alpha value is -3.71. The lowest BCUT2D eigenvalue weighted by atomic mass is 9.97. The summed E-state index contributed by atoms with van der Waals surface area (Å²) in [5.74, 6) is 0.0156. The summed E-state index contributed by atoms with van der Waals surface area (Å²) in [4.78, 5) is 19.2. The molecule has 0 saturated carbocycles. The summed E-state index contributed by atoms with van der Waals surface area (Å²) in [6.45, 7) is 5.88. The van der Waals surface area contributed by atoms with Gasteiger partial charge in [0.2, 0.25) is 11.8 Å². The molecular weight excluding hydrogens is 521 g/mol. The minimum absolute atomic E-state index is 0.0122. The molecule has 3 heterocycles. The topological polar surface area (TPSA) is 81.4 Å². The van der Waals surface area contributed by atoms with Crippen LogP contribution in [0.3, 0.4) is 0 Å². The molecule has 4 aromatic rings. The Labute approximate surface area is 227 Å². The van der Waals surface area contributed by atoms with Crippen LogP contribution in [0.4, 0.5) is 14.5 Å². The molecule has 0 aliphatic carbocycles. The fourth-order valence-electron chi connectivity index (χ4n) is 4.42. The maximum absolute atomic E-state index is 15.7. The van der Waals surface area contributed by atoms with Gasteiger partial charge in [0, 0.05) is 23.0 Å². The van der Waals surface area contributed by atoms with Crippen molar-refractivity contribution in [1.29, 1.82) is 0 Å². The number of halogens is 2. The van der Waals surface area contributed by atoms with Crippen LogP contribution in [-0.2, 0) is 22.2 Å². The van der Waals surface area contributed by atoms with E-state index in [1.807, 2.05) is 57.2 Å². The summed E-state index contributed by atoms with van der Waals surface area (Å²) in [5.41, 5.74) is 2.41. The Morgan fingerprint density at radius 1 is 1.13 bits per heavy atom. The highest BCUT2D eigenvalue weighted by atomic mass is 31.0. The molecule has 39 heavy (non-hydrogen) atoms. The second kappa shape index (κ2) is 10.1. The van der Waals surface area contributed by atoms with Crippen LogP contribution in [0.1, 0.15) is 50.6 Å². The molecule has 202 valence electrons. The summed E-state index contributed by atoms with van der Waals surface area (Å²) in [6, 6.07) is 13.8. The highest BCUT2D eigenvalue weighted by molar-refractivity contribution is 7.18. The normalized spacial score (nSPS) is 17.6. The van der Waals surface area contributed by atoms with Crippen molar-refractivity contribution in [2.45, 2.75) is 51.0 Å². The van der Waals surface area contributed by atoms with Crippen LogP contribution in [-0.4, -0.2) is 28.2 Å². The van der Waals surface area contributed by atoms with Gasteiger partial charge >= 0.3 is 0 Å². The predicted molar refractivity (Wildman–Crippen MR) is 148 cm³/mol. The van der Waals surface area contributed by atoms with Gasteiger partial charge < -0.3 is 14.1 Å². The van der Waals surface area contributed by atoms with Crippen LogP contribution in [0.15, 0.2) is 59.1 Å². The first-order chi connectivity index (χ1) is 18.5. The number of benzene rings is 2. The Bertz CT molecular complexity index is 1510. The van der Waals surface area contributed by atoms with Crippen molar-refractivity contribution in [2.75, 3.05) is 12.0 Å². The Balaban J connectivity index is 1.52. The molecule has 5 rings (SSSR count). The molecule has 7 nitrogen and oxygen atoms in total. The van der Waals surface area contributed by atoms with E-state index in [9.17, 15) is 4.79 Å². The van der Waals surface area contributed by atoms with Gasteiger partial charge in [0.1, 0.15) is 11.6 Å². The molecule has 0 saturated heterocycles. The summed E-state index contributed by atoms with van der Waals surface area (Å²) >= 11 is 0. The van der Waals surface area contributed by atoms with E-state index >= 15 is 8.78 Å². The number of pyridine rings is 1. The maximum Gasteiger partial charge on any atom is 0.250 e. The maximum atomic E-state index is 15.7. The number of hydrogen-bond donors (Lipinski definition) is 0. The predicted octanol–water partition coefficient (Wildman–Crippen LogP) is 6.57. The number of fused-ring (bicyclic) bond motifs is 1. The third kappa shape index (κ3) is 5.41. The highest BCUT2D eigenvalue weighted by Gasteiger charge is 2.38. The summed E-state index contributed by atoms with van der Waals surface area (Å²) in [6.07, 6.45) is 1.52. The second-order valence-corrected chi connectivity index (χ2v) is 11.5. The van der Waals surface area contributed by atoms with Crippen LogP contribution in [0.2, 0.25) is 0 Å². The van der Waals surface area contributed by atoms with Gasteiger partial charge in [-0.3, -0.25) is 9.78 Å². The first-order valence-corrected chi connectivity index (χ1v) is 13.1. The fourth-order valence-corrected chi connectivity index (χ4v) is 4.79. The Kier molecular flexibility index (Phi) is 6.97. The largest absolute Gasteiger partial charge is 0.495 e. The molecule has 1 aliphatic heterocycles. The molecule has 0 bridgehead atoms. The molecule has 0 radical (unpaired) electrons. The number of carbonyl (C=O) groups excluding carboxylic acids is 1. The third-order valence-corrected chi connectivity index (χ3v) is 7.29. The van der Waals surface area contributed by atoms with Crippen LogP contribution in [0.25, 0.3) is 22.7 Å². The van der Waals surface area contributed by atoms with E-state index in [0.717, 1.165) is 22.9 Å². The van der Waals surface area contributed by atoms with Gasteiger partial charge in [-0.05, 0) is 36.2 Å². The zero-order valence-electron chi connectivity index (χ0n) is 22.2. The SMILES string of the molecule is COc1ccc(-c2ccc(CN3C(=O)CCC(F)(P)c4cc(F)c(-c5nnc(C(C)(C)C)o5)cc43)cc2)nc1. The third-order valence-electron chi connectivity index (χ3n) is 6.69. The smallest absolute Gasteiger partial charge is 0.250 e. The lowest BCUT2D eigenvalue weighted by Crippen LogP contribution is -2.29. The van der Waals surface area contributed by atoms with Crippen molar-refractivity contribution >= 4 is 20.8 Å². The standard InChI is InChI=1S/C29H29F2N4O3P/c1-28(2,3)27-34-33-26(38-27)20-13-24-21(14-22(20)30)29(31,39)12-11-25(36)35(24)16-17-5-7-18(8-6-17)23-10-9-19(37-4)15-32-23/h5-10,13-15H,11-12,16,39H2,1-4H3. The summed E-state index contributed by atoms with van der Waals surface area (Å²) in [5, 5.41) is 6.10. The first kappa shape index (κ1) is 26.9. The van der Waals surface area contributed by atoms with Crippen molar-refractivity contribution in [3.8, 4) is 28.5 Å². The first-order valence-electron chi connectivity index (χ1n) is 12.5. The Morgan fingerprint density at radius 2 is 1.87 bits per heavy atom. The van der Waals surface area contributed by atoms with Crippen LogP contribution < -0.4 is 9.64 Å². The highest BCUT2D eigenvalue weighted by Crippen LogP contribution is 2.47.